The number of aliphatic carboxylic acids is 1. The summed E-state index contributed by atoms with van der Waals surface area (Å²) in [5.41, 5.74) is 0.878. The molecule has 0 spiro atoms. The standard InChI is InChI=1S/C14H16ClFN2O2S/c1-4-14(2,3)18-11-6-9(16)8(15)5-10(11)17-13(18)21-7-12(19)20/h5-6H,4,7H2,1-3H3,(H,19,20). The van der Waals surface area contributed by atoms with Gasteiger partial charge in [-0.2, -0.15) is 0 Å². The third kappa shape index (κ3) is 3.16. The number of fused-ring (bicyclic) bond motifs is 1. The number of carboxylic acid groups (broad SMARTS) is 1. The highest BCUT2D eigenvalue weighted by atomic mass is 35.5. The summed E-state index contributed by atoms with van der Waals surface area (Å²) in [5.74, 6) is -1.52. The average Bonchev–Trinajstić information content (AvgIpc) is 2.75. The molecule has 0 aliphatic rings. The Bertz CT molecular complexity index is 700. The van der Waals surface area contributed by atoms with E-state index in [1.165, 1.54) is 12.1 Å². The van der Waals surface area contributed by atoms with Gasteiger partial charge in [0.05, 0.1) is 21.8 Å². The third-order valence-corrected chi connectivity index (χ3v) is 4.67. The van der Waals surface area contributed by atoms with Crippen LogP contribution >= 0.6 is 23.4 Å². The lowest BCUT2D eigenvalue weighted by Crippen LogP contribution is -2.26. The van der Waals surface area contributed by atoms with Gasteiger partial charge in [0.2, 0.25) is 0 Å². The maximum absolute atomic E-state index is 13.8. The first-order chi connectivity index (χ1) is 9.76. The van der Waals surface area contributed by atoms with Gasteiger partial charge in [-0.25, -0.2) is 9.37 Å². The minimum atomic E-state index is -0.919. The summed E-state index contributed by atoms with van der Waals surface area (Å²) in [4.78, 5) is 15.2. The summed E-state index contributed by atoms with van der Waals surface area (Å²) >= 11 is 6.92. The Morgan fingerprint density at radius 3 is 2.76 bits per heavy atom. The molecule has 114 valence electrons. The van der Waals surface area contributed by atoms with Crippen molar-refractivity contribution in [3.05, 3.63) is 23.0 Å². The van der Waals surface area contributed by atoms with Crippen molar-refractivity contribution in [3.8, 4) is 0 Å². The number of rotatable bonds is 5. The molecule has 1 heterocycles. The van der Waals surface area contributed by atoms with Gasteiger partial charge in [0.1, 0.15) is 5.82 Å². The van der Waals surface area contributed by atoms with Crippen LogP contribution in [0.25, 0.3) is 11.0 Å². The molecule has 1 N–H and O–H groups in total. The van der Waals surface area contributed by atoms with Crippen LogP contribution < -0.4 is 0 Å². The molecule has 0 aliphatic heterocycles. The first-order valence-electron chi connectivity index (χ1n) is 6.49. The van der Waals surface area contributed by atoms with Gasteiger partial charge in [-0.3, -0.25) is 4.79 Å². The topological polar surface area (TPSA) is 55.1 Å². The number of carbonyl (C=O) groups is 1. The summed E-state index contributed by atoms with van der Waals surface area (Å²) in [6.07, 6.45) is 0.795. The maximum Gasteiger partial charge on any atom is 0.313 e. The molecule has 21 heavy (non-hydrogen) atoms. The fourth-order valence-corrected chi connectivity index (χ4v) is 3.06. The largest absolute Gasteiger partial charge is 0.481 e. The zero-order chi connectivity index (χ0) is 15.8. The molecule has 0 aliphatic carbocycles. The lowest BCUT2D eigenvalue weighted by Gasteiger charge is -2.27. The van der Waals surface area contributed by atoms with Crippen LogP contribution in [-0.2, 0) is 10.3 Å². The number of benzene rings is 1. The fraction of sp³-hybridized carbons (Fsp3) is 0.429. The number of hydrogen-bond acceptors (Lipinski definition) is 3. The second kappa shape index (κ2) is 5.85. The van der Waals surface area contributed by atoms with E-state index in [1.54, 1.807) is 0 Å². The molecule has 4 nitrogen and oxygen atoms in total. The van der Waals surface area contributed by atoms with E-state index in [-0.39, 0.29) is 16.3 Å². The van der Waals surface area contributed by atoms with Crippen molar-refractivity contribution in [2.75, 3.05) is 5.75 Å². The minimum Gasteiger partial charge on any atom is -0.481 e. The Kier molecular flexibility index (Phi) is 4.49. The molecule has 0 saturated carbocycles. The molecule has 0 atom stereocenters. The zero-order valence-corrected chi connectivity index (χ0v) is 13.6. The van der Waals surface area contributed by atoms with Crippen molar-refractivity contribution >= 4 is 40.4 Å². The quantitative estimate of drug-likeness (QED) is 0.837. The number of nitrogens with zero attached hydrogens (tertiary/aromatic N) is 2. The summed E-state index contributed by atoms with van der Waals surface area (Å²) in [6, 6.07) is 2.83. The molecule has 0 fully saturated rings. The van der Waals surface area contributed by atoms with Crippen molar-refractivity contribution in [2.24, 2.45) is 0 Å². The molecular weight excluding hydrogens is 315 g/mol. The predicted octanol–water partition coefficient (Wildman–Crippen LogP) is 4.15. The van der Waals surface area contributed by atoms with E-state index >= 15 is 0 Å². The van der Waals surface area contributed by atoms with Gasteiger partial charge in [-0.1, -0.05) is 30.3 Å². The first-order valence-corrected chi connectivity index (χ1v) is 7.85. The van der Waals surface area contributed by atoms with E-state index in [4.69, 9.17) is 16.7 Å². The average molecular weight is 331 g/mol. The van der Waals surface area contributed by atoms with E-state index in [2.05, 4.69) is 4.98 Å². The van der Waals surface area contributed by atoms with Crippen molar-refractivity contribution in [3.63, 3.8) is 0 Å². The van der Waals surface area contributed by atoms with Crippen molar-refractivity contribution in [1.82, 2.24) is 9.55 Å². The van der Waals surface area contributed by atoms with Crippen LogP contribution in [0.4, 0.5) is 4.39 Å². The smallest absolute Gasteiger partial charge is 0.313 e. The molecular formula is C14H16ClFN2O2S. The Morgan fingerprint density at radius 2 is 2.19 bits per heavy atom. The van der Waals surface area contributed by atoms with Crippen LogP contribution in [0.1, 0.15) is 27.2 Å². The minimum absolute atomic E-state index is 0.0104. The van der Waals surface area contributed by atoms with E-state index < -0.39 is 11.8 Å². The lowest BCUT2D eigenvalue weighted by atomic mass is 10.0. The third-order valence-electron chi connectivity index (χ3n) is 3.46. The number of aromatic nitrogens is 2. The molecule has 1 aromatic carbocycles. The highest BCUT2D eigenvalue weighted by molar-refractivity contribution is 7.99. The monoisotopic (exact) mass is 330 g/mol. The molecule has 2 aromatic rings. The Hall–Kier alpha value is -1.27. The first kappa shape index (κ1) is 16.1. The summed E-state index contributed by atoms with van der Waals surface area (Å²) in [7, 11) is 0. The predicted molar refractivity (Wildman–Crippen MR) is 82.7 cm³/mol. The molecule has 7 heteroatoms. The van der Waals surface area contributed by atoms with Crippen molar-refractivity contribution < 1.29 is 14.3 Å². The van der Waals surface area contributed by atoms with E-state index in [9.17, 15) is 9.18 Å². The number of carboxylic acids is 1. The molecule has 2 rings (SSSR count). The van der Waals surface area contributed by atoms with Gasteiger partial charge < -0.3 is 9.67 Å². The molecule has 0 saturated heterocycles. The maximum atomic E-state index is 13.8. The second-order valence-corrected chi connectivity index (χ2v) is 6.68. The fourth-order valence-electron chi connectivity index (χ4n) is 2.02. The highest BCUT2D eigenvalue weighted by Crippen LogP contribution is 2.34. The normalized spacial score (nSPS) is 12.0. The van der Waals surface area contributed by atoms with Crippen molar-refractivity contribution in [2.45, 2.75) is 37.9 Å². The Balaban J connectivity index is 2.66. The van der Waals surface area contributed by atoms with Gasteiger partial charge in [0.25, 0.3) is 0 Å². The van der Waals surface area contributed by atoms with Gasteiger partial charge in [-0.15, -0.1) is 0 Å². The zero-order valence-electron chi connectivity index (χ0n) is 12.0. The number of halogens is 2. The summed E-state index contributed by atoms with van der Waals surface area (Å²) < 4.78 is 15.7. The van der Waals surface area contributed by atoms with Gasteiger partial charge >= 0.3 is 5.97 Å². The van der Waals surface area contributed by atoms with E-state index in [0.717, 1.165) is 18.2 Å². The Labute approximate surface area is 131 Å². The molecule has 0 unspecified atom stereocenters. The lowest BCUT2D eigenvalue weighted by molar-refractivity contribution is -0.133. The summed E-state index contributed by atoms with van der Waals surface area (Å²) in [6.45, 7) is 6.03. The van der Waals surface area contributed by atoms with Crippen LogP contribution in [0, 0.1) is 5.82 Å². The van der Waals surface area contributed by atoms with Crippen LogP contribution in [0.2, 0.25) is 5.02 Å². The molecule has 1 aromatic heterocycles. The van der Waals surface area contributed by atoms with Crippen LogP contribution in [0.15, 0.2) is 17.3 Å². The van der Waals surface area contributed by atoms with E-state index in [0.29, 0.717) is 16.2 Å². The highest BCUT2D eigenvalue weighted by Gasteiger charge is 2.25. The Morgan fingerprint density at radius 1 is 1.52 bits per heavy atom. The van der Waals surface area contributed by atoms with E-state index in [1.807, 2.05) is 25.3 Å². The summed E-state index contributed by atoms with van der Waals surface area (Å²) in [5, 5.41) is 9.42. The second-order valence-electron chi connectivity index (χ2n) is 5.33. The molecule has 0 bridgehead atoms. The van der Waals surface area contributed by atoms with Crippen LogP contribution in [-0.4, -0.2) is 26.4 Å². The molecule has 0 amide bonds. The van der Waals surface area contributed by atoms with Gasteiger partial charge in [0.15, 0.2) is 5.16 Å². The number of hydrogen-bond donors (Lipinski definition) is 1. The van der Waals surface area contributed by atoms with Gasteiger partial charge in [-0.05, 0) is 26.3 Å². The molecule has 0 radical (unpaired) electrons. The van der Waals surface area contributed by atoms with Crippen LogP contribution in [0.3, 0.4) is 0 Å². The number of imidazole rings is 1. The number of thioether (sulfide) groups is 1. The SMILES string of the molecule is CCC(C)(C)n1c(SCC(=O)O)nc2cc(Cl)c(F)cc21. The van der Waals surface area contributed by atoms with Crippen molar-refractivity contribution in [1.29, 1.82) is 0 Å². The van der Waals surface area contributed by atoms with Crippen LogP contribution in [0.5, 0.6) is 0 Å². The van der Waals surface area contributed by atoms with Gasteiger partial charge in [0, 0.05) is 11.6 Å².